The van der Waals surface area contributed by atoms with E-state index in [0.29, 0.717) is 11.4 Å². The predicted molar refractivity (Wildman–Crippen MR) is 109 cm³/mol. The minimum absolute atomic E-state index is 0.0749. The Morgan fingerprint density at radius 1 is 1.17 bits per heavy atom. The van der Waals surface area contributed by atoms with Crippen LogP contribution in [-0.4, -0.2) is 24.3 Å². The summed E-state index contributed by atoms with van der Waals surface area (Å²) in [6.45, 7) is 3.84. The van der Waals surface area contributed by atoms with Gasteiger partial charge < -0.3 is 0 Å². The lowest BCUT2D eigenvalue weighted by Gasteiger charge is -2.16. The van der Waals surface area contributed by atoms with Crippen molar-refractivity contribution in [3.8, 4) is 17.1 Å². The average Bonchev–Trinajstić information content (AvgIpc) is 3.10. The smallest absolute Gasteiger partial charge is 0.264 e. The summed E-state index contributed by atoms with van der Waals surface area (Å²) in [4.78, 5) is 19.6. The van der Waals surface area contributed by atoms with Crippen LogP contribution in [0, 0.1) is 18.6 Å². The first-order chi connectivity index (χ1) is 13.8. The minimum Gasteiger partial charge on any atom is -0.298 e. The molecule has 0 spiro atoms. The predicted octanol–water partition coefficient (Wildman–Crippen LogP) is 4.40. The van der Waals surface area contributed by atoms with Crippen LogP contribution in [0.5, 0.6) is 0 Å². The van der Waals surface area contributed by atoms with Crippen molar-refractivity contribution in [3.63, 3.8) is 0 Å². The Hall–Kier alpha value is -3.20. The highest BCUT2D eigenvalue weighted by Crippen LogP contribution is 2.30. The number of benzene rings is 1. The van der Waals surface area contributed by atoms with Gasteiger partial charge in [0.05, 0.1) is 16.8 Å². The minimum atomic E-state index is -2.87. The third-order valence-electron chi connectivity index (χ3n) is 4.92. The first-order valence-corrected chi connectivity index (χ1v) is 9.23. The molecule has 148 valence electrons. The van der Waals surface area contributed by atoms with Crippen LogP contribution in [0.1, 0.15) is 23.1 Å². The molecule has 9 heteroatoms. The molecule has 0 aliphatic heterocycles. The summed E-state index contributed by atoms with van der Waals surface area (Å²) in [5.74, 6) is 0. The molecule has 6 nitrogen and oxygen atoms in total. The maximum Gasteiger partial charge on any atom is 0.264 e. The molecule has 4 aromatic rings. The monoisotopic (exact) mass is 413 g/mol. The molecule has 0 bridgehead atoms. The number of aromatic amines is 1. The van der Waals surface area contributed by atoms with E-state index in [9.17, 15) is 13.6 Å². The molecule has 0 aliphatic carbocycles. The van der Waals surface area contributed by atoms with Gasteiger partial charge in [0, 0.05) is 18.8 Å². The number of halogens is 2. The molecule has 29 heavy (non-hydrogen) atoms. The number of nitrogens with zero attached hydrogens (tertiary/aromatic N) is 4. The first-order valence-electron chi connectivity index (χ1n) is 8.82. The summed E-state index contributed by atoms with van der Waals surface area (Å²) >= 11 is 5.39. The zero-order valence-corrected chi connectivity index (χ0v) is 16.7. The average molecular weight is 413 g/mol. The van der Waals surface area contributed by atoms with Crippen molar-refractivity contribution >= 4 is 23.3 Å². The van der Waals surface area contributed by atoms with Crippen LogP contribution in [0.3, 0.4) is 0 Å². The van der Waals surface area contributed by atoms with Crippen molar-refractivity contribution in [2.45, 2.75) is 20.3 Å². The van der Waals surface area contributed by atoms with E-state index >= 15 is 0 Å². The lowest BCUT2D eigenvalue weighted by atomic mass is 10.1. The molecule has 1 N–H and O–H groups in total. The quantitative estimate of drug-likeness (QED) is 0.506. The third kappa shape index (κ3) is 3.17. The number of fused-ring (bicyclic) bond motifs is 1. The van der Waals surface area contributed by atoms with Crippen LogP contribution >= 0.6 is 12.2 Å². The van der Waals surface area contributed by atoms with Gasteiger partial charge in [-0.05, 0) is 55.4 Å². The van der Waals surface area contributed by atoms with Crippen LogP contribution in [0.25, 0.3) is 28.1 Å². The summed E-state index contributed by atoms with van der Waals surface area (Å²) < 4.78 is 31.0. The number of alkyl halides is 2. The number of H-pyrrole nitrogens is 1. The highest BCUT2D eigenvalue weighted by atomic mass is 32.1. The second-order valence-electron chi connectivity index (χ2n) is 6.78. The van der Waals surface area contributed by atoms with Gasteiger partial charge in [-0.25, -0.2) is 13.8 Å². The van der Waals surface area contributed by atoms with E-state index in [-0.39, 0.29) is 21.5 Å². The fourth-order valence-electron chi connectivity index (χ4n) is 3.31. The fourth-order valence-corrected chi connectivity index (χ4v) is 3.59. The molecule has 0 fully saturated rings. The summed E-state index contributed by atoms with van der Waals surface area (Å²) in [5.41, 5.74) is 2.21. The van der Waals surface area contributed by atoms with Gasteiger partial charge in [0.15, 0.2) is 10.4 Å². The van der Waals surface area contributed by atoms with Crippen LogP contribution in [-0.2, 0) is 7.05 Å². The zero-order chi connectivity index (χ0) is 20.9. The van der Waals surface area contributed by atoms with Gasteiger partial charge in [0.1, 0.15) is 5.69 Å². The summed E-state index contributed by atoms with van der Waals surface area (Å²) in [5, 5.41) is 4.07. The standard InChI is InChI=1S/C20H17F2N5OS/c1-10-5-4-6-15(11(10)2)27-18-16(19(28)24-20(27)29)12(17(21)22)9-14(23-18)13-7-8-26(3)25-13/h4-9,17H,1-3H3,(H,24,28,29). The van der Waals surface area contributed by atoms with E-state index < -0.39 is 17.5 Å². The summed E-state index contributed by atoms with van der Waals surface area (Å²) in [6.07, 6.45) is -1.18. The molecule has 0 atom stereocenters. The molecule has 0 amide bonds. The fraction of sp³-hybridized carbons (Fsp3) is 0.200. The van der Waals surface area contributed by atoms with Crippen molar-refractivity contribution < 1.29 is 8.78 Å². The first kappa shape index (κ1) is 19.1. The molecule has 3 aromatic heterocycles. The van der Waals surface area contributed by atoms with Gasteiger partial charge in [-0.2, -0.15) is 5.10 Å². The lowest BCUT2D eigenvalue weighted by Crippen LogP contribution is -2.17. The number of aromatic nitrogens is 5. The number of rotatable bonds is 3. The Balaban J connectivity index is 2.20. The molecule has 0 saturated heterocycles. The Bertz CT molecular complexity index is 1370. The summed E-state index contributed by atoms with van der Waals surface area (Å²) in [6, 6.07) is 8.47. The number of nitrogens with one attached hydrogen (secondary N) is 1. The number of aryl methyl sites for hydroxylation is 2. The molecule has 4 rings (SSSR count). The third-order valence-corrected chi connectivity index (χ3v) is 5.21. The lowest BCUT2D eigenvalue weighted by molar-refractivity contribution is 0.153. The maximum absolute atomic E-state index is 13.9. The van der Waals surface area contributed by atoms with Crippen molar-refractivity contribution in [2.24, 2.45) is 7.05 Å². The summed E-state index contributed by atoms with van der Waals surface area (Å²) in [7, 11) is 1.72. The second-order valence-corrected chi connectivity index (χ2v) is 7.17. The molecule has 0 radical (unpaired) electrons. The van der Waals surface area contributed by atoms with Crippen LogP contribution in [0.15, 0.2) is 41.3 Å². The number of hydrogen-bond donors (Lipinski definition) is 1. The number of pyridine rings is 1. The van der Waals surface area contributed by atoms with E-state index in [2.05, 4.69) is 15.1 Å². The zero-order valence-electron chi connectivity index (χ0n) is 15.9. The highest BCUT2D eigenvalue weighted by Gasteiger charge is 2.22. The van der Waals surface area contributed by atoms with E-state index in [4.69, 9.17) is 12.2 Å². The SMILES string of the molecule is Cc1cccc(-n2c(=S)[nH]c(=O)c3c(C(F)F)cc(-c4ccn(C)n4)nc32)c1C. The van der Waals surface area contributed by atoms with Gasteiger partial charge >= 0.3 is 0 Å². The normalized spacial score (nSPS) is 11.5. The van der Waals surface area contributed by atoms with Crippen molar-refractivity contribution in [1.82, 2.24) is 24.3 Å². The Labute approximate surface area is 169 Å². The molecule has 1 aromatic carbocycles. The van der Waals surface area contributed by atoms with Crippen LogP contribution in [0.4, 0.5) is 8.78 Å². The molecular formula is C20H17F2N5OS. The Morgan fingerprint density at radius 3 is 2.59 bits per heavy atom. The van der Waals surface area contributed by atoms with Gasteiger partial charge in [0.2, 0.25) is 0 Å². The highest BCUT2D eigenvalue weighted by molar-refractivity contribution is 7.71. The maximum atomic E-state index is 13.9. The van der Waals surface area contributed by atoms with E-state index in [1.165, 1.54) is 10.6 Å². The molecule has 0 aliphatic rings. The van der Waals surface area contributed by atoms with Gasteiger partial charge in [0.25, 0.3) is 12.0 Å². The molecule has 3 heterocycles. The molecular weight excluding hydrogens is 396 g/mol. The van der Waals surface area contributed by atoms with Gasteiger partial charge in [-0.3, -0.25) is 19.0 Å². The largest absolute Gasteiger partial charge is 0.298 e. The van der Waals surface area contributed by atoms with E-state index in [1.807, 2.05) is 32.0 Å². The topological polar surface area (TPSA) is 68.5 Å². The van der Waals surface area contributed by atoms with Crippen LogP contribution < -0.4 is 5.56 Å². The number of hydrogen-bond acceptors (Lipinski definition) is 4. The van der Waals surface area contributed by atoms with Crippen molar-refractivity contribution in [1.29, 1.82) is 0 Å². The second kappa shape index (κ2) is 7.00. The molecule has 0 unspecified atom stereocenters. The van der Waals surface area contributed by atoms with Crippen molar-refractivity contribution in [2.75, 3.05) is 0 Å². The van der Waals surface area contributed by atoms with Gasteiger partial charge in [-0.15, -0.1) is 0 Å². The molecule has 0 saturated carbocycles. The van der Waals surface area contributed by atoms with E-state index in [0.717, 1.165) is 11.1 Å². The van der Waals surface area contributed by atoms with Gasteiger partial charge in [-0.1, -0.05) is 12.1 Å². The van der Waals surface area contributed by atoms with Crippen LogP contribution in [0.2, 0.25) is 0 Å². The Morgan fingerprint density at radius 2 is 1.93 bits per heavy atom. The van der Waals surface area contributed by atoms with Crippen molar-refractivity contribution in [3.05, 3.63) is 68.3 Å². The van der Waals surface area contributed by atoms with E-state index in [1.54, 1.807) is 24.0 Å². The Kier molecular flexibility index (Phi) is 4.62.